The Hall–Kier alpha value is -1.56. The molecule has 0 aromatic heterocycles. The van der Waals surface area contributed by atoms with E-state index in [4.69, 9.17) is 0 Å². The highest BCUT2D eigenvalue weighted by molar-refractivity contribution is 5.95. The second kappa shape index (κ2) is 5.44. The van der Waals surface area contributed by atoms with Crippen LogP contribution in [0.15, 0.2) is 24.3 Å². The van der Waals surface area contributed by atoms with Crippen molar-refractivity contribution in [2.24, 2.45) is 5.41 Å². The molecule has 0 radical (unpaired) electrons. The van der Waals surface area contributed by atoms with E-state index in [0.29, 0.717) is 12.2 Å². The zero-order valence-electron chi connectivity index (χ0n) is 11.2. The number of hydrogen-bond donors (Lipinski definition) is 2. The molecule has 0 saturated carbocycles. The first-order valence-corrected chi connectivity index (χ1v) is 6.51. The van der Waals surface area contributed by atoms with Crippen molar-refractivity contribution < 1.29 is 18.0 Å². The number of anilines is 1. The lowest BCUT2D eigenvalue weighted by atomic mass is 9.82. The molecular formula is C14H17F3N2O. The van der Waals surface area contributed by atoms with Gasteiger partial charge in [0.1, 0.15) is 0 Å². The summed E-state index contributed by atoms with van der Waals surface area (Å²) in [6, 6.07) is 4.49. The molecule has 110 valence electrons. The summed E-state index contributed by atoms with van der Waals surface area (Å²) < 4.78 is 37.3. The number of halogens is 3. The van der Waals surface area contributed by atoms with Gasteiger partial charge in [-0.15, -0.1) is 0 Å². The molecule has 1 fully saturated rings. The third-order valence-corrected chi connectivity index (χ3v) is 3.62. The number of rotatable bonds is 2. The van der Waals surface area contributed by atoms with E-state index >= 15 is 0 Å². The summed E-state index contributed by atoms with van der Waals surface area (Å²) in [6.07, 6.45) is -2.68. The van der Waals surface area contributed by atoms with Crippen molar-refractivity contribution in [3.63, 3.8) is 0 Å². The number of alkyl halides is 3. The number of piperidine rings is 1. The maximum Gasteiger partial charge on any atom is 0.416 e. The average molecular weight is 286 g/mol. The van der Waals surface area contributed by atoms with Gasteiger partial charge in [0.25, 0.3) is 0 Å². The number of carbonyl (C=O) groups is 1. The molecule has 1 saturated heterocycles. The van der Waals surface area contributed by atoms with Gasteiger partial charge >= 0.3 is 6.18 Å². The zero-order chi connectivity index (χ0) is 14.8. The highest BCUT2D eigenvalue weighted by Crippen LogP contribution is 2.31. The Morgan fingerprint density at radius 2 is 1.95 bits per heavy atom. The van der Waals surface area contributed by atoms with Crippen LogP contribution in [0.25, 0.3) is 0 Å². The van der Waals surface area contributed by atoms with Crippen molar-refractivity contribution >= 4 is 11.6 Å². The smallest absolute Gasteiger partial charge is 0.326 e. The fourth-order valence-corrected chi connectivity index (χ4v) is 2.27. The van der Waals surface area contributed by atoms with Crippen molar-refractivity contribution in [1.82, 2.24) is 5.32 Å². The average Bonchev–Trinajstić information content (AvgIpc) is 2.39. The molecule has 0 bridgehead atoms. The summed E-state index contributed by atoms with van der Waals surface area (Å²) in [5.41, 5.74) is -0.850. The SMILES string of the molecule is CC1(C(=O)Nc2ccc(C(F)(F)F)cc2)CCCNC1. The van der Waals surface area contributed by atoms with Crippen molar-refractivity contribution in [3.05, 3.63) is 29.8 Å². The quantitative estimate of drug-likeness (QED) is 0.877. The van der Waals surface area contributed by atoms with Gasteiger partial charge in [0, 0.05) is 12.2 Å². The molecule has 2 N–H and O–H groups in total. The minimum Gasteiger partial charge on any atom is -0.326 e. The normalized spacial score (nSPS) is 23.4. The van der Waals surface area contributed by atoms with Gasteiger partial charge in [0.2, 0.25) is 5.91 Å². The Balaban J connectivity index is 2.04. The van der Waals surface area contributed by atoms with E-state index in [0.717, 1.165) is 31.5 Å². The van der Waals surface area contributed by atoms with Crippen molar-refractivity contribution in [2.45, 2.75) is 25.9 Å². The van der Waals surface area contributed by atoms with Crippen LogP contribution in [0.4, 0.5) is 18.9 Å². The standard InChI is InChI=1S/C14H17F3N2O/c1-13(7-2-8-18-9-13)12(20)19-11-5-3-10(4-6-11)14(15,16)17/h3-6,18H,2,7-9H2,1H3,(H,19,20). The van der Waals surface area contributed by atoms with E-state index < -0.39 is 17.2 Å². The van der Waals surface area contributed by atoms with E-state index in [-0.39, 0.29) is 5.91 Å². The number of amides is 1. The lowest BCUT2D eigenvalue weighted by Gasteiger charge is -2.32. The summed E-state index contributed by atoms with van der Waals surface area (Å²) in [6.45, 7) is 3.33. The molecule has 1 aromatic rings. The molecule has 20 heavy (non-hydrogen) atoms. The van der Waals surface area contributed by atoms with Crippen LogP contribution in [-0.4, -0.2) is 19.0 Å². The lowest BCUT2D eigenvalue weighted by Crippen LogP contribution is -2.46. The molecule has 1 aromatic carbocycles. The van der Waals surface area contributed by atoms with Gasteiger partial charge in [-0.05, 0) is 50.6 Å². The topological polar surface area (TPSA) is 41.1 Å². The number of carbonyl (C=O) groups excluding carboxylic acids is 1. The Morgan fingerprint density at radius 3 is 2.45 bits per heavy atom. The van der Waals surface area contributed by atoms with Crippen molar-refractivity contribution in [2.75, 3.05) is 18.4 Å². The molecule has 6 heteroatoms. The zero-order valence-corrected chi connectivity index (χ0v) is 11.2. The third-order valence-electron chi connectivity index (χ3n) is 3.62. The van der Waals surface area contributed by atoms with Crippen LogP contribution in [0.3, 0.4) is 0 Å². The van der Waals surface area contributed by atoms with Gasteiger partial charge in [-0.3, -0.25) is 4.79 Å². The van der Waals surface area contributed by atoms with Crippen LogP contribution >= 0.6 is 0 Å². The molecule has 1 aliphatic heterocycles. The minimum absolute atomic E-state index is 0.163. The molecule has 2 rings (SSSR count). The highest BCUT2D eigenvalue weighted by Gasteiger charge is 2.35. The van der Waals surface area contributed by atoms with Gasteiger partial charge in [-0.1, -0.05) is 0 Å². The van der Waals surface area contributed by atoms with Crippen molar-refractivity contribution in [3.8, 4) is 0 Å². The molecule has 0 aliphatic carbocycles. The first-order valence-electron chi connectivity index (χ1n) is 6.51. The Bertz CT molecular complexity index is 476. The lowest BCUT2D eigenvalue weighted by molar-refractivity contribution is -0.137. The molecule has 1 amide bonds. The molecule has 1 heterocycles. The Kier molecular flexibility index (Phi) is 4.04. The predicted octanol–water partition coefficient (Wildman–Crippen LogP) is 3.03. The van der Waals surface area contributed by atoms with Gasteiger partial charge in [-0.25, -0.2) is 0 Å². The summed E-state index contributed by atoms with van der Waals surface area (Å²) in [7, 11) is 0. The van der Waals surface area contributed by atoms with Crippen LogP contribution in [0.1, 0.15) is 25.3 Å². The van der Waals surface area contributed by atoms with E-state index in [1.165, 1.54) is 12.1 Å². The number of benzene rings is 1. The maximum atomic E-state index is 12.4. The second-order valence-corrected chi connectivity index (χ2v) is 5.37. The fourth-order valence-electron chi connectivity index (χ4n) is 2.27. The van der Waals surface area contributed by atoms with Crippen molar-refractivity contribution in [1.29, 1.82) is 0 Å². The second-order valence-electron chi connectivity index (χ2n) is 5.37. The molecule has 1 unspecified atom stereocenters. The first kappa shape index (κ1) is 14.8. The van der Waals surface area contributed by atoms with Crippen LogP contribution < -0.4 is 10.6 Å². The van der Waals surface area contributed by atoms with E-state index in [2.05, 4.69) is 10.6 Å². The maximum absolute atomic E-state index is 12.4. The van der Waals surface area contributed by atoms with Gasteiger partial charge < -0.3 is 10.6 Å². The van der Waals surface area contributed by atoms with E-state index in [1.807, 2.05) is 6.92 Å². The summed E-state index contributed by atoms with van der Waals surface area (Å²) in [4.78, 5) is 12.2. The fraction of sp³-hybridized carbons (Fsp3) is 0.500. The summed E-state index contributed by atoms with van der Waals surface area (Å²) in [5.74, 6) is -0.163. The van der Waals surface area contributed by atoms with Crippen LogP contribution in [0.2, 0.25) is 0 Å². The molecular weight excluding hydrogens is 269 g/mol. The first-order chi connectivity index (χ1) is 9.31. The molecule has 1 aliphatic rings. The van der Waals surface area contributed by atoms with Crippen LogP contribution in [0.5, 0.6) is 0 Å². The minimum atomic E-state index is -4.36. The van der Waals surface area contributed by atoms with E-state index in [1.54, 1.807) is 0 Å². The largest absolute Gasteiger partial charge is 0.416 e. The third kappa shape index (κ3) is 3.30. The monoisotopic (exact) mass is 286 g/mol. The van der Waals surface area contributed by atoms with Crippen LogP contribution in [-0.2, 0) is 11.0 Å². The molecule has 1 atom stereocenters. The molecule has 3 nitrogen and oxygen atoms in total. The van der Waals surface area contributed by atoms with E-state index in [9.17, 15) is 18.0 Å². The number of nitrogens with one attached hydrogen (secondary N) is 2. The summed E-state index contributed by atoms with van der Waals surface area (Å²) in [5, 5.41) is 5.85. The van der Waals surface area contributed by atoms with Gasteiger partial charge in [-0.2, -0.15) is 13.2 Å². The molecule has 0 spiro atoms. The predicted molar refractivity (Wildman–Crippen MR) is 70.3 cm³/mol. The highest BCUT2D eigenvalue weighted by atomic mass is 19.4. The van der Waals surface area contributed by atoms with Gasteiger partial charge in [0.05, 0.1) is 11.0 Å². The van der Waals surface area contributed by atoms with Crippen LogP contribution in [0, 0.1) is 5.41 Å². The number of hydrogen-bond acceptors (Lipinski definition) is 2. The summed E-state index contributed by atoms with van der Waals surface area (Å²) >= 11 is 0. The van der Waals surface area contributed by atoms with Gasteiger partial charge in [0.15, 0.2) is 0 Å². The Morgan fingerprint density at radius 1 is 1.30 bits per heavy atom. The Labute approximate surface area is 115 Å².